The van der Waals surface area contributed by atoms with Crippen LogP contribution in [0, 0.1) is 0 Å². The van der Waals surface area contributed by atoms with Gasteiger partial charge in [0, 0.05) is 11.9 Å². The lowest BCUT2D eigenvalue weighted by Gasteiger charge is -2.40. The van der Waals surface area contributed by atoms with Crippen LogP contribution in [0.5, 0.6) is 5.75 Å². The van der Waals surface area contributed by atoms with Crippen molar-refractivity contribution in [1.29, 1.82) is 0 Å². The van der Waals surface area contributed by atoms with Gasteiger partial charge in [-0.05, 0) is 48.1 Å². The normalized spacial score (nSPS) is 37.4. The Bertz CT molecular complexity index is 1220. The maximum atomic E-state index is 10.6. The van der Waals surface area contributed by atoms with Crippen LogP contribution >= 0.6 is 11.6 Å². The fourth-order valence-electron chi connectivity index (χ4n) is 2.63. The van der Waals surface area contributed by atoms with E-state index in [-0.39, 0.29) is 11.3 Å². The second-order valence-electron chi connectivity index (χ2n) is 5.92. The number of aliphatic hydroxyl groups is 4. The van der Waals surface area contributed by atoms with Gasteiger partial charge in [-0.2, -0.15) is 0 Å². The van der Waals surface area contributed by atoms with E-state index in [0.29, 0.717) is 0 Å². The van der Waals surface area contributed by atoms with Gasteiger partial charge in [0.05, 0.1) is 21.4 Å². The first-order valence-electron chi connectivity index (χ1n) is 13.6. The molecule has 0 spiro atoms. The van der Waals surface area contributed by atoms with Crippen LogP contribution in [-0.2, 0) is 11.1 Å². The summed E-state index contributed by atoms with van der Waals surface area (Å²) in [6, 6.07) is 1.65. The van der Waals surface area contributed by atoms with Gasteiger partial charge in [0.15, 0.2) is 0 Å². The molecule has 0 aliphatic carbocycles. The lowest BCUT2D eigenvalue weighted by atomic mass is 9.90. The van der Waals surface area contributed by atoms with E-state index in [1.807, 2.05) is 0 Å². The van der Waals surface area contributed by atoms with Crippen molar-refractivity contribution in [2.24, 2.45) is 0 Å². The van der Waals surface area contributed by atoms with Gasteiger partial charge in [-0.15, -0.1) is 0 Å². The van der Waals surface area contributed by atoms with E-state index in [4.69, 9.17) is 36.2 Å². The van der Waals surface area contributed by atoms with Crippen LogP contribution < -0.4 is 4.74 Å². The standard InChI is InChI=1S/C21H25ClO6/c1-2-27-15-6-3-12(4-7-15)9-14-10-13(5-8-16(14)22)21-20(26)19(25)18(24)17(11-23)28-21/h3-8,10,17-21,23-26H,2,9,11H2,1H3/t17-,18-,19+,20-,21+/m1/s1/i1D3,2D2,5D,8D,9D2,10D,21D. The van der Waals surface area contributed by atoms with Gasteiger partial charge in [-0.3, -0.25) is 0 Å². The molecule has 5 atom stereocenters. The Morgan fingerprint density at radius 1 is 1.21 bits per heavy atom. The zero-order chi connectivity index (χ0) is 29.9. The molecule has 0 radical (unpaired) electrons. The van der Waals surface area contributed by atoms with E-state index in [1.165, 1.54) is 0 Å². The summed E-state index contributed by atoms with van der Waals surface area (Å²) < 4.78 is 98.3. The zero-order valence-corrected chi connectivity index (χ0v) is 15.1. The van der Waals surface area contributed by atoms with Gasteiger partial charge < -0.3 is 29.9 Å². The number of ether oxygens (including phenoxy) is 2. The molecule has 4 N–H and O–H groups in total. The molecule has 1 saturated heterocycles. The maximum Gasteiger partial charge on any atom is 0.119 e. The second-order valence-corrected chi connectivity index (χ2v) is 6.30. The van der Waals surface area contributed by atoms with Gasteiger partial charge in [0.25, 0.3) is 0 Å². The third-order valence-corrected chi connectivity index (χ3v) is 4.37. The third-order valence-electron chi connectivity index (χ3n) is 4.09. The van der Waals surface area contributed by atoms with Crippen LogP contribution in [0.15, 0.2) is 42.4 Å². The molecule has 2 aromatic carbocycles. The smallest absolute Gasteiger partial charge is 0.119 e. The monoisotopic (exact) mass is 419 g/mol. The van der Waals surface area contributed by atoms with Gasteiger partial charge in [0.2, 0.25) is 0 Å². The molecule has 6 nitrogen and oxygen atoms in total. The number of aliphatic hydroxyl groups excluding tert-OH is 4. The minimum atomic E-state index is -3.12. The molecular weight excluding hydrogens is 384 g/mol. The molecule has 1 aliphatic heterocycles. The van der Waals surface area contributed by atoms with Crippen molar-refractivity contribution in [2.45, 2.75) is 43.7 Å². The van der Waals surface area contributed by atoms with Crippen LogP contribution in [-0.4, -0.2) is 58.0 Å². The maximum absolute atomic E-state index is 10.6. The summed E-state index contributed by atoms with van der Waals surface area (Å²) in [5.41, 5.74) is -1.79. The van der Waals surface area contributed by atoms with Crippen LogP contribution in [0.3, 0.4) is 0 Å². The Balaban J connectivity index is 2.15. The largest absolute Gasteiger partial charge is 0.494 e. The first-order chi connectivity index (χ1) is 17.7. The summed E-state index contributed by atoms with van der Waals surface area (Å²) in [6.07, 6.45) is -13.4. The van der Waals surface area contributed by atoms with E-state index < -0.39 is 91.2 Å². The Morgan fingerprint density at radius 3 is 2.64 bits per heavy atom. The van der Waals surface area contributed by atoms with Crippen LogP contribution in [0.2, 0.25) is 5.02 Å². The van der Waals surface area contributed by atoms with Crippen LogP contribution in [0.1, 0.15) is 44.7 Å². The Morgan fingerprint density at radius 2 is 1.96 bits per heavy atom. The molecule has 3 rings (SSSR count). The Kier molecular flexibility index (Phi) is 3.60. The number of hydrogen-bond acceptors (Lipinski definition) is 6. The van der Waals surface area contributed by atoms with E-state index in [1.54, 1.807) is 0 Å². The van der Waals surface area contributed by atoms with Crippen molar-refractivity contribution in [3.63, 3.8) is 0 Å². The molecule has 0 bridgehead atoms. The van der Waals surface area contributed by atoms with Gasteiger partial charge in [0.1, 0.15) is 36.2 Å². The molecule has 152 valence electrons. The molecule has 1 heterocycles. The Labute approximate surface area is 184 Å². The van der Waals surface area contributed by atoms with Crippen LogP contribution in [0.25, 0.3) is 0 Å². The van der Waals surface area contributed by atoms with E-state index in [9.17, 15) is 20.4 Å². The Hall–Kier alpha value is -1.67. The molecule has 1 fully saturated rings. The molecule has 0 aromatic heterocycles. The summed E-state index contributed by atoms with van der Waals surface area (Å²) in [5, 5.41) is 39.7. The minimum Gasteiger partial charge on any atom is -0.494 e. The molecule has 28 heavy (non-hydrogen) atoms. The highest BCUT2D eigenvalue weighted by molar-refractivity contribution is 6.31. The molecular formula is C21H25ClO6. The lowest BCUT2D eigenvalue weighted by molar-refractivity contribution is -0.231. The molecule has 0 saturated carbocycles. The number of benzene rings is 2. The van der Waals surface area contributed by atoms with Crippen molar-refractivity contribution in [3.8, 4) is 5.75 Å². The predicted octanol–water partition coefficient (Wildman–Crippen LogP) is 1.84. The molecule has 7 heteroatoms. The van der Waals surface area contributed by atoms with E-state index >= 15 is 0 Å². The number of rotatable bonds is 6. The third kappa shape index (κ3) is 4.49. The van der Waals surface area contributed by atoms with Crippen molar-refractivity contribution in [1.82, 2.24) is 0 Å². The highest BCUT2D eigenvalue weighted by Gasteiger charge is 2.43. The fourth-order valence-corrected chi connectivity index (χ4v) is 2.77. The second kappa shape index (κ2) is 9.22. The van der Waals surface area contributed by atoms with Crippen molar-refractivity contribution < 1.29 is 45.0 Å². The van der Waals surface area contributed by atoms with Gasteiger partial charge in [-0.25, -0.2) is 0 Å². The van der Waals surface area contributed by atoms with Crippen molar-refractivity contribution in [3.05, 3.63) is 64.1 Å². The van der Waals surface area contributed by atoms with Crippen LogP contribution in [0.4, 0.5) is 0 Å². The van der Waals surface area contributed by atoms with E-state index in [0.717, 1.165) is 24.3 Å². The zero-order valence-electron chi connectivity index (χ0n) is 25.3. The predicted molar refractivity (Wildman–Crippen MR) is 105 cm³/mol. The highest BCUT2D eigenvalue weighted by Crippen LogP contribution is 2.34. The molecule has 0 unspecified atom stereocenters. The highest BCUT2D eigenvalue weighted by atomic mass is 35.5. The average molecular weight is 420 g/mol. The lowest BCUT2D eigenvalue weighted by Crippen LogP contribution is -2.55. The topological polar surface area (TPSA) is 99.4 Å². The quantitative estimate of drug-likeness (QED) is 0.570. The summed E-state index contributed by atoms with van der Waals surface area (Å²) in [7, 11) is 0. The number of halogens is 1. The van der Waals surface area contributed by atoms with Gasteiger partial charge in [-0.1, -0.05) is 35.8 Å². The number of hydrogen-bond donors (Lipinski definition) is 4. The minimum absolute atomic E-state index is 0.226. The first kappa shape index (κ1) is 10.9. The summed E-state index contributed by atoms with van der Waals surface area (Å²) in [6.45, 7) is -7.10. The van der Waals surface area contributed by atoms with Gasteiger partial charge >= 0.3 is 0 Å². The summed E-state index contributed by atoms with van der Waals surface area (Å²) in [4.78, 5) is 0. The first-order valence-corrected chi connectivity index (χ1v) is 8.52. The fraction of sp³-hybridized carbons (Fsp3) is 0.429. The SMILES string of the molecule is [2H]c1c([2H])c([C@]2([2H])O[C@H](CO)[C@@H](O)[C@H](O)[C@H]2O)c([2H])c(C([2H])([2H])c2ccc(OC([2H])([2H])C([2H])([2H])[2H])cc2)c1Cl. The van der Waals surface area contributed by atoms with Crippen molar-refractivity contribution in [2.75, 3.05) is 13.2 Å². The molecule has 1 aliphatic rings. The molecule has 0 amide bonds. The molecule has 2 aromatic rings. The summed E-state index contributed by atoms with van der Waals surface area (Å²) in [5.74, 6) is -0.261. The average Bonchev–Trinajstić information content (AvgIpc) is 2.83. The van der Waals surface area contributed by atoms with Crippen molar-refractivity contribution >= 4 is 11.6 Å². The summed E-state index contributed by atoms with van der Waals surface area (Å²) >= 11 is 6.21. The van der Waals surface area contributed by atoms with E-state index in [2.05, 4.69) is 0 Å².